The van der Waals surface area contributed by atoms with E-state index in [0.717, 1.165) is 31.6 Å². The van der Waals surface area contributed by atoms with Gasteiger partial charge in [-0.2, -0.15) is 0 Å². The summed E-state index contributed by atoms with van der Waals surface area (Å²) >= 11 is 0. The fourth-order valence-corrected chi connectivity index (χ4v) is 2.43. The molecule has 0 aromatic heterocycles. The highest BCUT2D eigenvalue weighted by Crippen LogP contribution is 2.20. The monoisotopic (exact) mass is 236 g/mol. The zero-order valence-corrected chi connectivity index (χ0v) is 10.6. The summed E-state index contributed by atoms with van der Waals surface area (Å²) in [4.78, 5) is 2.33. The molecule has 0 radical (unpaired) electrons. The summed E-state index contributed by atoms with van der Waals surface area (Å²) < 4.78 is 12.8. The maximum Gasteiger partial charge on any atom is 0.123 e. The molecule has 1 heterocycles. The Kier molecular flexibility index (Phi) is 4.00. The quantitative estimate of drug-likeness (QED) is 0.868. The topological polar surface area (TPSA) is 15.3 Å². The summed E-state index contributed by atoms with van der Waals surface area (Å²) in [5.41, 5.74) is 1.13. The summed E-state index contributed by atoms with van der Waals surface area (Å²) in [5.74, 6) is -0.162. The van der Waals surface area contributed by atoms with Crippen LogP contribution in [0.4, 0.5) is 10.1 Å². The second-order valence-corrected chi connectivity index (χ2v) is 5.06. The van der Waals surface area contributed by atoms with Gasteiger partial charge in [0.2, 0.25) is 0 Å². The number of anilines is 1. The van der Waals surface area contributed by atoms with Gasteiger partial charge in [0.1, 0.15) is 5.82 Å². The third-order valence-corrected chi connectivity index (χ3v) is 3.26. The van der Waals surface area contributed by atoms with Crippen LogP contribution in [0.25, 0.3) is 0 Å². The lowest BCUT2D eigenvalue weighted by atomic mass is 10.0. The third-order valence-electron chi connectivity index (χ3n) is 3.26. The van der Waals surface area contributed by atoms with Crippen LogP contribution >= 0.6 is 0 Å². The normalized spacial score (nSPS) is 17.8. The average molecular weight is 236 g/mol. The van der Waals surface area contributed by atoms with Crippen molar-refractivity contribution >= 4 is 5.69 Å². The van der Waals surface area contributed by atoms with Crippen LogP contribution in [-0.2, 0) is 0 Å². The van der Waals surface area contributed by atoms with Crippen molar-refractivity contribution < 1.29 is 4.39 Å². The fraction of sp³-hybridized carbons (Fsp3) is 0.571. The van der Waals surface area contributed by atoms with Gasteiger partial charge in [-0.3, -0.25) is 0 Å². The molecule has 94 valence electrons. The Labute approximate surface area is 103 Å². The lowest BCUT2D eigenvalue weighted by molar-refractivity contribution is 0.387. The van der Waals surface area contributed by atoms with Gasteiger partial charge in [-0.05, 0) is 37.1 Å². The molecule has 1 aliphatic heterocycles. The van der Waals surface area contributed by atoms with Crippen LogP contribution in [-0.4, -0.2) is 25.2 Å². The Morgan fingerprint density at radius 1 is 1.18 bits per heavy atom. The number of piperidine rings is 1. The second-order valence-electron chi connectivity index (χ2n) is 5.06. The second kappa shape index (κ2) is 5.50. The van der Waals surface area contributed by atoms with E-state index in [4.69, 9.17) is 0 Å². The van der Waals surface area contributed by atoms with Crippen LogP contribution in [0.1, 0.15) is 26.7 Å². The largest absolute Gasteiger partial charge is 0.371 e. The van der Waals surface area contributed by atoms with Crippen molar-refractivity contribution in [3.05, 3.63) is 30.1 Å². The van der Waals surface area contributed by atoms with Crippen molar-refractivity contribution in [1.82, 2.24) is 5.32 Å². The molecule has 0 unspecified atom stereocenters. The molecule has 1 aromatic carbocycles. The number of nitrogens with one attached hydrogen (secondary N) is 1. The predicted octanol–water partition coefficient (Wildman–Crippen LogP) is 2.79. The van der Waals surface area contributed by atoms with Crippen molar-refractivity contribution in [3.63, 3.8) is 0 Å². The summed E-state index contributed by atoms with van der Waals surface area (Å²) in [6, 6.07) is 7.99. The zero-order valence-electron chi connectivity index (χ0n) is 10.6. The number of hydrogen-bond acceptors (Lipinski definition) is 2. The lowest BCUT2D eigenvalue weighted by Gasteiger charge is -2.34. The first-order valence-corrected chi connectivity index (χ1v) is 6.41. The first kappa shape index (κ1) is 12.4. The highest BCUT2D eigenvalue weighted by atomic mass is 19.1. The van der Waals surface area contributed by atoms with Crippen molar-refractivity contribution in [2.24, 2.45) is 0 Å². The van der Waals surface area contributed by atoms with Gasteiger partial charge >= 0.3 is 0 Å². The molecule has 3 heteroatoms. The van der Waals surface area contributed by atoms with E-state index in [2.05, 4.69) is 24.1 Å². The van der Waals surface area contributed by atoms with E-state index >= 15 is 0 Å². The molecule has 1 fully saturated rings. The number of nitrogens with zero attached hydrogens (tertiary/aromatic N) is 1. The Balaban J connectivity index is 1.88. The van der Waals surface area contributed by atoms with Crippen molar-refractivity contribution in [1.29, 1.82) is 0 Å². The zero-order chi connectivity index (χ0) is 12.3. The van der Waals surface area contributed by atoms with Gasteiger partial charge < -0.3 is 10.2 Å². The van der Waals surface area contributed by atoms with Gasteiger partial charge in [-0.1, -0.05) is 13.8 Å². The summed E-state index contributed by atoms with van der Waals surface area (Å²) in [6.07, 6.45) is 2.32. The van der Waals surface area contributed by atoms with Crippen LogP contribution in [0, 0.1) is 5.82 Å². The van der Waals surface area contributed by atoms with E-state index in [9.17, 15) is 4.39 Å². The maximum atomic E-state index is 12.8. The van der Waals surface area contributed by atoms with Crippen molar-refractivity contribution in [2.75, 3.05) is 18.0 Å². The molecule has 2 nitrogen and oxygen atoms in total. The fourth-order valence-electron chi connectivity index (χ4n) is 2.43. The van der Waals surface area contributed by atoms with Crippen LogP contribution in [0.2, 0.25) is 0 Å². The molecule has 0 bridgehead atoms. The van der Waals surface area contributed by atoms with Crippen molar-refractivity contribution in [3.8, 4) is 0 Å². The van der Waals surface area contributed by atoms with Crippen LogP contribution < -0.4 is 10.2 Å². The molecule has 0 saturated carbocycles. The first-order chi connectivity index (χ1) is 8.15. The molecule has 1 aromatic rings. The number of rotatable bonds is 3. The number of benzene rings is 1. The maximum absolute atomic E-state index is 12.8. The SMILES string of the molecule is CC(C)NC1CCN(c2ccc(F)cc2)CC1. The minimum Gasteiger partial charge on any atom is -0.371 e. The van der Waals surface area contributed by atoms with Crippen LogP contribution in [0.5, 0.6) is 0 Å². The predicted molar refractivity (Wildman–Crippen MR) is 69.9 cm³/mol. The van der Waals surface area contributed by atoms with Gasteiger partial charge in [-0.15, -0.1) is 0 Å². The van der Waals surface area contributed by atoms with Gasteiger partial charge in [0.25, 0.3) is 0 Å². The molecule has 1 saturated heterocycles. The highest BCUT2D eigenvalue weighted by molar-refractivity contribution is 5.46. The molecular weight excluding hydrogens is 215 g/mol. The molecule has 0 aliphatic carbocycles. The minimum atomic E-state index is -0.162. The minimum absolute atomic E-state index is 0.162. The smallest absolute Gasteiger partial charge is 0.123 e. The number of hydrogen-bond donors (Lipinski definition) is 1. The van der Waals surface area contributed by atoms with Gasteiger partial charge in [-0.25, -0.2) is 4.39 Å². The molecule has 0 spiro atoms. The van der Waals surface area contributed by atoms with Gasteiger partial charge in [0, 0.05) is 30.9 Å². The molecule has 17 heavy (non-hydrogen) atoms. The van der Waals surface area contributed by atoms with E-state index in [0.29, 0.717) is 12.1 Å². The van der Waals surface area contributed by atoms with Gasteiger partial charge in [0.15, 0.2) is 0 Å². The third kappa shape index (κ3) is 3.43. The number of halogens is 1. The Hall–Kier alpha value is -1.09. The van der Waals surface area contributed by atoms with Gasteiger partial charge in [0.05, 0.1) is 0 Å². The Morgan fingerprint density at radius 2 is 1.76 bits per heavy atom. The average Bonchev–Trinajstić information content (AvgIpc) is 2.30. The van der Waals surface area contributed by atoms with E-state index in [1.165, 1.54) is 12.1 Å². The molecule has 2 rings (SSSR count). The van der Waals surface area contributed by atoms with Crippen molar-refractivity contribution in [2.45, 2.75) is 38.8 Å². The first-order valence-electron chi connectivity index (χ1n) is 6.41. The van der Waals surface area contributed by atoms with Crippen LogP contribution in [0.3, 0.4) is 0 Å². The Morgan fingerprint density at radius 3 is 2.29 bits per heavy atom. The van der Waals surface area contributed by atoms with Crippen LogP contribution in [0.15, 0.2) is 24.3 Å². The summed E-state index contributed by atoms with van der Waals surface area (Å²) in [6.45, 7) is 6.48. The lowest BCUT2D eigenvalue weighted by Crippen LogP contribution is -2.44. The Bertz CT molecular complexity index is 340. The standard InChI is InChI=1S/C14H21FN2/c1-11(2)16-13-7-9-17(10-8-13)14-5-3-12(15)4-6-14/h3-6,11,13,16H,7-10H2,1-2H3. The summed E-state index contributed by atoms with van der Waals surface area (Å²) in [5, 5.41) is 3.58. The molecular formula is C14H21FN2. The van der Waals surface area contributed by atoms with E-state index in [-0.39, 0.29) is 5.82 Å². The van der Waals surface area contributed by atoms with E-state index < -0.39 is 0 Å². The molecule has 0 amide bonds. The highest BCUT2D eigenvalue weighted by Gasteiger charge is 2.19. The molecule has 1 aliphatic rings. The van der Waals surface area contributed by atoms with E-state index in [1.54, 1.807) is 0 Å². The van der Waals surface area contributed by atoms with E-state index in [1.807, 2.05) is 12.1 Å². The molecule has 0 atom stereocenters. The molecule has 1 N–H and O–H groups in total. The summed E-state index contributed by atoms with van der Waals surface area (Å²) in [7, 11) is 0.